The van der Waals surface area contributed by atoms with Crippen molar-refractivity contribution in [2.24, 2.45) is 10.8 Å². The molecule has 0 aromatic carbocycles. The fourth-order valence-electron chi connectivity index (χ4n) is 1.98. The Labute approximate surface area is 78.9 Å². The van der Waals surface area contributed by atoms with E-state index in [4.69, 9.17) is 0 Å². The molecule has 3 nitrogen and oxygen atoms in total. The van der Waals surface area contributed by atoms with Crippen LogP contribution in [0, 0.1) is 10.8 Å². The quantitative estimate of drug-likeness (QED) is 0.688. The normalized spacial score (nSPS) is 39.1. The molecule has 0 spiro atoms. The van der Waals surface area contributed by atoms with E-state index in [0.29, 0.717) is 13.1 Å². The molecule has 1 N–H and O–H groups in total. The highest BCUT2D eigenvalue weighted by Gasteiger charge is 2.54. The monoisotopic (exact) mass is 183 g/mol. The van der Waals surface area contributed by atoms with Gasteiger partial charge in [-0.2, -0.15) is 0 Å². The van der Waals surface area contributed by atoms with Crippen LogP contribution < -0.4 is 5.32 Å². The summed E-state index contributed by atoms with van der Waals surface area (Å²) in [5, 5.41) is 3.12. The fraction of sp³-hybridized carbons (Fsp3) is 0.800. The fourth-order valence-corrected chi connectivity index (χ4v) is 1.98. The van der Waals surface area contributed by atoms with Crippen LogP contribution in [0.2, 0.25) is 0 Å². The van der Waals surface area contributed by atoms with Gasteiger partial charge in [0, 0.05) is 13.1 Å². The molecule has 0 amide bonds. The van der Waals surface area contributed by atoms with Gasteiger partial charge in [-0.15, -0.1) is 0 Å². The van der Waals surface area contributed by atoms with Crippen molar-refractivity contribution >= 4 is 11.6 Å². The average Bonchev–Trinajstić information content (AvgIpc) is 2.31. The van der Waals surface area contributed by atoms with Crippen molar-refractivity contribution in [3.05, 3.63) is 0 Å². The van der Waals surface area contributed by atoms with Gasteiger partial charge < -0.3 is 5.32 Å². The molecule has 1 aliphatic heterocycles. The Bertz CT molecular complexity index is 236. The molecule has 0 saturated carbocycles. The summed E-state index contributed by atoms with van der Waals surface area (Å²) in [4.78, 5) is 23.0. The molecule has 1 aliphatic rings. The third-order valence-electron chi connectivity index (χ3n) is 3.73. The lowest BCUT2D eigenvalue weighted by Gasteiger charge is -2.35. The largest absolute Gasteiger partial charge is 0.315 e. The number of ketones is 2. The van der Waals surface area contributed by atoms with Gasteiger partial charge in [-0.25, -0.2) is 0 Å². The summed E-state index contributed by atoms with van der Waals surface area (Å²) in [5.41, 5.74) is -1.06. The minimum absolute atomic E-state index is 0.0928. The number of nitrogens with one attached hydrogen (secondary N) is 1. The molecule has 2 unspecified atom stereocenters. The zero-order chi connectivity index (χ0) is 10.3. The molecule has 1 heterocycles. The van der Waals surface area contributed by atoms with Crippen molar-refractivity contribution in [1.29, 1.82) is 0 Å². The van der Waals surface area contributed by atoms with Crippen molar-refractivity contribution in [3.8, 4) is 0 Å². The second kappa shape index (κ2) is 2.91. The maximum atomic E-state index is 11.5. The molecule has 74 valence electrons. The average molecular weight is 183 g/mol. The molecule has 1 saturated heterocycles. The number of hydrogen-bond acceptors (Lipinski definition) is 3. The van der Waals surface area contributed by atoms with E-state index >= 15 is 0 Å². The molecule has 2 atom stereocenters. The highest BCUT2D eigenvalue weighted by Crippen LogP contribution is 2.43. The topological polar surface area (TPSA) is 46.2 Å². The third-order valence-corrected chi connectivity index (χ3v) is 3.73. The molecule has 3 heteroatoms. The van der Waals surface area contributed by atoms with E-state index in [1.165, 1.54) is 0 Å². The smallest absolute Gasteiger partial charge is 0.138 e. The summed E-state index contributed by atoms with van der Waals surface area (Å²) in [6, 6.07) is 0. The van der Waals surface area contributed by atoms with Crippen molar-refractivity contribution in [3.63, 3.8) is 0 Å². The Morgan fingerprint density at radius 2 is 1.31 bits per heavy atom. The predicted molar refractivity (Wildman–Crippen MR) is 50.4 cm³/mol. The van der Waals surface area contributed by atoms with E-state index in [-0.39, 0.29) is 11.6 Å². The van der Waals surface area contributed by atoms with Gasteiger partial charge in [0.1, 0.15) is 11.6 Å². The van der Waals surface area contributed by atoms with Gasteiger partial charge in [0.2, 0.25) is 0 Å². The second-order valence-electron chi connectivity index (χ2n) is 4.38. The first-order chi connectivity index (χ1) is 5.84. The maximum Gasteiger partial charge on any atom is 0.138 e. The van der Waals surface area contributed by atoms with E-state index in [0.717, 1.165) is 0 Å². The van der Waals surface area contributed by atoms with Crippen LogP contribution in [-0.4, -0.2) is 24.7 Å². The van der Waals surface area contributed by atoms with Crippen molar-refractivity contribution in [1.82, 2.24) is 5.32 Å². The van der Waals surface area contributed by atoms with E-state index in [2.05, 4.69) is 5.32 Å². The van der Waals surface area contributed by atoms with Crippen LogP contribution in [0.5, 0.6) is 0 Å². The van der Waals surface area contributed by atoms with E-state index in [9.17, 15) is 9.59 Å². The second-order valence-corrected chi connectivity index (χ2v) is 4.38. The number of hydrogen-bond donors (Lipinski definition) is 1. The Morgan fingerprint density at radius 1 is 1.00 bits per heavy atom. The molecular formula is C10H17NO2. The van der Waals surface area contributed by atoms with E-state index in [1.807, 2.05) is 13.8 Å². The van der Waals surface area contributed by atoms with Gasteiger partial charge in [-0.05, 0) is 13.8 Å². The van der Waals surface area contributed by atoms with Crippen LogP contribution in [0.4, 0.5) is 0 Å². The number of Topliss-reactive ketones (excluding diaryl/α,β-unsaturated/α-hetero) is 2. The van der Waals surface area contributed by atoms with Crippen LogP contribution in [0.25, 0.3) is 0 Å². The highest BCUT2D eigenvalue weighted by atomic mass is 16.1. The zero-order valence-electron chi connectivity index (χ0n) is 8.73. The van der Waals surface area contributed by atoms with Crippen LogP contribution in [0.1, 0.15) is 27.7 Å². The standard InChI is InChI=1S/C10H17NO2/c1-7(12)9(3)5-11-6-10(9,4)8(2)13/h11H,5-6H2,1-4H3. The van der Waals surface area contributed by atoms with Crippen LogP contribution in [0.15, 0.2) is 0 Å². The Morgan fingerprint density at radius 3 is 1.54 bits per heavy atom. The van der Waals surface area contributed by atoms with E-state index < -0.39 is 10.8 Å². The summed E-state index contributed by atoms with van der Waals surface area (Å²) in [6.45, 7) is 8.09. The van der Waals surface area contributed by atoms with Crippen molar-refractivity contribution in [2.75, 3.05) is 13.1 Å². The van der Waals surface area contributed by atoms with E-state index in [1.54, 1.807) is 13.8 Å². The Balaban J connectivity index is 3.11. The number of carbonyl (C=O) groups is 2. The molecule has 0 aliphatic carbocycles. The third kappa shape index (κ3) is 1.22. The molecular weight excluding hydrogens is 166 g/mol. The summed E-state index contributed by atoms with van der Waals surface area (Å²) >= 11 is 0. The van der Waals surface area contributed by atoms with Crippen molar-refractivity contribution < 1.29 is 9.59 Å². The van der Waals surface area contributed by atoms with Crippen LogP contribution >= 0.6 is 0 Å². The van der Waals surface area contributed by atoms with Gasteiger partial charge in [-0.1, -0.05) is 13.8 Å². The molecule has 0 aromatic rings. The molecule has 0 aromatic heterocycles. The van der Waals surface area contributed by atoms with Gasteiger partial charge in [0.15, 0.2) is 0 Å². The van der Waals surface area contributed by atoms with Crippen LogP contribution in [0.3, 0.4) is 0 Å². The first kappa shape index (κ1) is 10.4. The minimum atomic E-state index is -0.529. The molecule has 1 rings (SSSR count). The van der Waals surface area contributed by atoms with Gasteiger partial charge in [0.25, 0.3) is 0 Å². The Kier molecular flexibility index (Phi) is 2.32. The minimum Gasteiger partial charge on any atom is -0.315 e. The first-order valence-electron chi connectivity index (χ1n) is 4.57. The predicted octanol–water partition coefficient (Wildman–Crippen LogP) is 0.780. The summed E-state index contributed by atoms with van der Waals surface area (Å²) < 4.78 is 0. The lowest BCUT2D eigenvalue weighted by Crippen LogP contribution is -2.46. The lowest BCUT2D eigenvalue weighted by atomic mass is 9.64. The summed E-state index contributed by atoms with van der Waals surface area (Å²) in [5.74, 6) is 0.186. The molecule has 0 radical (unpaired) electrons. The van der Waals surface area contributed by atoms with Gasteiger partial charge in [-0.3, -0.25) is 9.59 Å². The molecule has 0 bridgehead atoms. The maximum absolute atomic E-state index is 11.5. The number of carbonyl (C=O) groups excluding carboxylic acids is 2. The zero-order valence-corrected chi connectivity index (χ0v) is 8.73. The number of rotatable bonds is 2. The highest BCUT2D eigenvalue weighted by molar-refractivity contribution is 5.94. The molecule has 13 heavy (non-hydrogen) atoms. The summed E-state index contributed by atoms with van der Waals surface area (Å²) in [7, 11) is 0. The summed E-state index contributed by atoms with van der Waals surface area (Å²) in [6.07, 6.45) is 0. The van der Waals surface area contributed by atoms with Crippen LogP contribution in [-0.2, 0) is 9.59 Å². The van der Waals surface area contributed by atoms with Gasteiger partial charge in [0.05, 0.1) is 10.8 Å². The van der Waals surface area contributed by atoms with Crippen molar-refractivity contribution in [2.45, 2.75) is 27.7 Å². The SMILES string of the molecule is CC(=O)C1(C)CNCC1(C)C(C)=O. The Hall–Kier alpha value is -0.700. The molecule has 1 fully saturated rings. The lowest BCUT2D eigenvalue weighted by molar-refractivity contribution is -0.140. The van der Waals surface area contributed by atoms with Gasteiger partial charge >= 0.3 is 0 Å². The first-order valence-corrected chi connectivity index (χ1v) is 4.57.